The van der Waals surface area contributed by atoms with Crippen LogP contribution in [0.25, 0.3) is 10.8 Å². The first-order valence-corrected chi connectivity index (χ1v) is 9.15. The molecule has 3 rings (SSSR count). The highest BCUT2D eigenvalue weighted by Gasteiger charge is 2.09. The summed E-state index contributed by atoms with van der Waals surface area (Å²) in [6, 6.07) is 17.3. The fourth-order valence-electron chi connectivity index (χ4n) is 2.39. The largest absolute Gasteiger partial charge is 0.325 e. The molecule has 0 saturated heterocycles. The summed E-state index contributed by atoms with van der Waals surface area (Å²) in [6.07, 6.45) is 0. The number of fused-ring (bicyclic) bond motifs is 1. The van der Waals surface area contributed by atoms with Gasteiger partial charge in [-0.2, -0.15) is 0 Å². The summed E-state index contributed by atoms with van der Waals surface area (Å²) < 4.78 is 0. The maximum atomic E-state index is 12.2. The molecule has 0 aliphatic rings. The first-order valence-electron chi connectivity index (χ1n) is 7.40. The number of carbonyl (C=O) groups is 1. The first kappa shape index (κ1) is 17.2. The van der Waals surface area contributed by atoms with Crippen molar-refractivity contribution in [1.29, 1.82) is 0 Å². The van der Waals surface area contributed by atoms with Crippen molar-refractivity contribution < 1.29 is 4.79 Å². The predicted octanol–water partition coefficient (Wildman–Crippen LogP) is 6.19. The lowest BCUT2D eigenvalue weighted by molar-refractivity contribution is -0.113. The van der Waals surface area contributed by atoms with Crippen LogP contribution in [0.3, 0.4) is 0 Å². The van der Waals surface area contributed by atoms with Gasteiger partial charge in [0.15, 0.2) is 0 Å². The zero-order valence-electron chi connectivity index (χ0n) is 13.0. The summed E-state index contributed by atoms with van der Waals surface area (Å²) in [5.41, 5.74) is 1.68. The molecule has 24 heavy (non-hydrogen) atoms. The third kappa shape index (κ3) is 3.86. The van der Waals surface area contributed by atoms with Crippen molar-refractivity contribution in [1.82, 2.24) is 0 Å². The Hall–Kier alpha value is -1.68. The quantitative estimate of drug-likeness (QED) is 0.551. The van der Waals surface area contributed by atoms with Crippen LogP contribution in [0.15, 0.2) is 59.5 Å². The van der Waals surface area contributed by atoms with Gasteiger partial charge >= 0.3 is 0 Å². The highest BCUT2D eigenvalue weighted by molar-refractivity contribution is 8.00. The highest BCUT2D eigenvalue weighted by Crippen LogP contribution is 2.33. The fourth-order valence-corrected chi connectivity index (χ4v) is 3.82. The Morgan fingerprint density at radius 1 is 1.04 bits per heavy atom. The molecule has 0 atom stereocenters. The third-order valence-electron chi connectivity index (χ3n) is 3.63. The van der Waals surface area contributed by atoms with Gasteiger partial charge in [-0.3, -0.25) is 4.79 Å². The van der Waals surface area contributed by atoms with Crippen molar-refractivity contribution in [2.75, 3.05) is 11.1 Å². The lowest BCUT2D eigenvalue weighted by Crippen LogP contribution is -2.14. The van der Waals surface area contributed by atoms with Crippen LogP contribution >= 0.6 is 35.0 Å². The van der Waals surface area contributed by atoms with Gasteiger partial charge in [-0.1, -0.05) is 53.5 Å². The van der Waals surface area contributed by atoms with E-state index in [4.69, 9.17) is 23.2 Å². The van der Waals surface area contributed by atoms with E-state index in [1.54, 1.807) is 6.07 Å². The van der Waals surface area contributed by atoms with E-state index in [-0.39, 0.29) is 5.91 Å². The maximum Gasteiger partial charge on any atom is 0.234 e. The van der Waals surface area contributed by atoms with Crippen molar-refractivity contribution in [2.45, 2.75) is 11.8 Å². The smallest absolute Gasteiger partial charge is 0.234 e. The van der Waals surface area contributed by atoms with Gasteiger partial charge in [-0.15, -0.1) is 11.8 Å². The second-order valence-electron chi connectivity index (χ2n) is 5.39. The Morgan fingerprint density at radius 3 is 2.54 bits per heavy atom. The van der Waals surface area contributed by atoms with Crippen LogP contribution in [0.5, 0.6) is 0 Å². The number of halogens is 2. The van der Waals surface area contributed by atoms with Gasteiger partial charge in [-0.05, 0) is 42.1 Å². The highest BCUT2D eigenvalue weighted by atomic mass is 35.5. The molecule has 1 N–H and O–H groups in total. The number of rotatable bonds is 4. The number of aryl methyl sites for hydroxylation is 1. The molecule has 0 unspecified atom stereocenters. The molecule has 3 aromatic carbocycles. The molecule has 0 bridgehead atoms. The number of thioether (sulfide) groups is 1. The van der Waals surface area contributed by atoms with Gasteiger partial charge in [0.1, 0.15) is 0 Å². The molecule has 122 valence electrons. The number of hydrogen-bond acceptors (Lipinski definition) is 2. The van der Waals surface area contributed by atoms with Gasteiger partial charge in [0, 0.05) is 26.0 Å². The Bertz CT molecular complexity index is 906. The zero-order chi connectivity index (χ0) is 17.1. The van der Waals surface area contributed by atoms with E-state index in [1.165, 1.54) is 11.8 Å². The van der Waals surface area contributed by atoms with Crippen molar-refractivity contribution >= 4 is 57.3 Å². The van der Waals surface area contributed by atoms with Crippen LogP contribution in [0.4, 0.5) is 5.69 Å². The Balaban J connectivity index is 1.71. The average molecular weight is 376 g/mol. The molecular weight excluding hydrogens is 361 g/mol. The minimum absolute atomic E-state index is 0.0797. The molecule has 0 aliphatic heterocycles. The third-order valence-corrected chi connectivity index (χ3v) is 5.41. The summed E-state index contributed by atoms with van der Waals surface area (Å²) in [5, 5.41) is 6.25. The van der Waals surface area contributed by atoms with E-state index in [0.717, 1.165) is 21.2 Å². The number of carbonyl (C=O) groups excluding carboxylic acids is 1. The second kappa shape index (κ2) is 7.47. The van der Waals surface area contributed by atoms with Crippen LogP contribution in [-0.2, 0) is 4.79 Å². The van der Waals surface area contributed by atoms with Crippen LogP contribution in [0, 0.1) is 6.92 Å². The lowest BCUT2D eigenvalue weighted by atomic mass is 10.1. The Kier molecular flexibility index (Phi) is 5.34. The van der Waals surface area contributed by atoms with E-state index in [1.807, 2.05) is 55.5 Å². The standard InChI is InChI=1S/C19H15Cl2NOS/c1-12-8-9-14(10-16(12)21)22-18(23)11-24-17-7-3-5-13-4-2-6-15(20)19(13)17/h2-10H,11H2,1H3,(H,22,23). The van der Waals surface area contributed by atoms with E-state index in [0.29, 0.717) is 21.5 Å². The van der Waals surface area contributed by atoms with Crippen LogP contribution < -0.4 is 5.32 Å². The van der Waals surface area contributed by atoms with E-state index in [9.17, 15) is 4.79 Å². The monoisotopic (exact) mass is 375 g/mol. The molecule has 2 nitrogen and oxygen atoms in total. The molecule has 0 aromatic heterocycles. The minimum atomic E-state index is -0.0797. The molecule has 3 aromatic rings. The molecule has 5 heteroatoms. The normalized spacial score (nSPS) is 10.8. The van der Waals surface area contributed by atoms with Gasteiger partial charge in [0.2, 0.25) is 5.91 Å². The summed E-state index contributed by atoms with van der Waals surface area (Å²) in [6.45, 7) is 1.92. The lowest BCUT2D eigenvalue weighted by Gasteiger charge is -2.09. The first-order chi connectivity index (χ1) is 11.5. The fraction of sp³-hybridized carbons (Fsp3) is 0.105. The molecule has 0 radical (unpaired) electrons. The van der Waals surface area contributed by atoms with Gasteiger partial charge in [0.05, 0.1) is 5.75 Å². The number of benzene rings is 3. The molecule has 0 aliphatic carbocycles. The molecule has 0 saturated carbocycles. The van der Waals surface area contributed by atoms with Gasteiger partial charge in [0.25, 0.3) is 0 Å². The second-order valence-corrected chi connectivity index (χ2v) is 7.23. The number of anilines is 1. The number of nitrogens with one attached hydrogen (secondary N) is 1. The minimum Gasteiger partial charge on any atom is -0.325 e. The summed E-state index contributed by atoms with van der Waals surface area (Å²) >= 11 is 13.9. The van der Waals surface area contributed by atoms with Crippen LogP contribution in [0.2, 0.25) is 10.0 Å². The van der Waals surface area contributed by atoms with Crippen molar-refractivity contribution in [3.8, 4) is 0 Å². The van der Waals surface area contributed by atoms with Gasteiger partial charge < -0.3 is 5.32 Å². The molecular formula is C19H15Cl2NOS. The van der Waals surface area contributed by atoms with Crippen molar-refractivity contribution in [3.63, 3.8) is 0 Å². The molecule has 0 fully saturated rings. The summed E-state index contributed by atoms with van der Waals surface area (Å²) in [7, 11) is 0. The van der Waals surface area contributed by atoms with E-state index in [2.05, 4.69) is 5.32 Å². The molecule has 0 heterocycles. The molecule has 0 spiro atoms. The van der Waals surface area contributed by atoms with Crippen molar-refractivity contribution in [2.24, 2.45) is 0 Å². The zero-order valence-corrected chi connectivity index (χ0v) is 15.3. The Labute approximate surface area is 155 Å². The van der Waals surface area contributed by atoms with E-state index < -0.39 is 0 Å². The summed E-state index contributed by atoms with van der Waals surface area (Å²) in [5.74, 6) is 0.222. The maximum absolute atomic E-state index is 12.2. The summed E-state index contributed by atoms with van der Waals surface area (Å²) in [4.78, 5) is 13.2. The number of hydrogen-bond donors (Lipinski definition) is 1. The topological polar surface area (TPSA) is 29.1 Å². The SMILES string of the molecule is Cc1ccc(NC(=O)CSc2cccc3cccc(Cl)c23)cc1Cl. The average Bonchev–Trinajstić information content (AvgIpc) is 2.56. The number of amides is 1. The molecule has 1 amide bonds. The Morgan fingerprint density at radius 2 is 1.79 bits per heavy atom. The van der Waals surface area contributed by atoms with Crippen LogP contribution in [-0.4, -0.2) is 11.7 Å². The van der Waals surface area contributed by atoms with Crippen LogP contribution in [0.1, 0.15) is 5.56 Å². The van der Waals surface area contributed by atoms with E-state index >= 15 is 0 Å². The predicted molar refractivity (Wildman–Crippen MR) is 105 cm³/mol. The van der Waals surface area contributed by atoms with Crippen molar-refractivity contribution in [3.05, 3.63) is 70.2 Å². The van der Waals surface area contributed by atoms with Gasteiger partial charge in [-0.25, -0.2) is 0 Å².